The summed E-state index contributed by atoms with van der Waals surface area (Å²) in [4.78, 5) is 36.2. The Hall–Kier alpha value is -5.31. The number of carbonyl (C=O) groups is 2. The lowest BCUT2D eigenvalue weighted by Crippen LogP contribution is -2.52. The summed E-state index contributed by atoms with van der Waals surface area (Å²) in [5.41, 5.74) is 6.59. The molecule has 3 heterocycles. The Morgan fingerprint density at radius 3 is 2.41 bits per heavy atom. The van der Waals surface area contributed by atoms with Crippen molar-refractivity contribution in [1.29, 1.82) is 0 Å². The van der Waals surface area contributed by atoms with E-state index in [1.807, 2.05) is 85.5 Å². The first-order valence-corrected chi connectivity index (χ1v) is 14.7. The molecule has 9 nitrogen and oxygen atoms in total. The number of benzene rings is 3. The van der Waals surface area contributed by atoms with Crippen LogP contribution in [0.3, 0.4) is 0 Å². The molecule has 9 heteroatoms. The van der Waals surface area contributed by atoms with Crippen molar-refractivity contribution in [2.45, 2.75) is 45.8 Å². The normalized spacial score (nSPS) is 13.5. The summed E-state index contributed by atoms with van der Waals surface area (Å²) in [5.74, 6) is 0.296. The summed E-state index contributed by atoms with van der Waals surface area (Å²) in [5, 5.41) is 8.21. The highest BCUT2D eigenvalue weighted by molar-refractivity contribution is 5.96. The highest BCUT2D eigenvalue weighted by atomic mass is 16.5. The first-order valence-electron chi connectivity index (χ1n) is 14.7. The van der Waals surface area contributed by atoms with Gasteiger partial charge in [0.1, 0.15) is 24.5 Å². The molecule has 1 aliphatic rings. The highest BCUT2D eigenvalue weighted by Gasteiger charge is 2.34. The number of hydrogen-bond acceptors (Lipinski definition) is 6. The Labute approximate surface area is 256 Å². The summed E-state index contributed by atoms with van der Waals surface area (Å²) < 4.78 is 6.98. The molecule has 6 rings (SSSR count). The van der Waals surface area contributed by atoms with Crippen molar-refractivity contribution in [3.63, 3.8) is 0 Å². The molecule has 1 aliphatic heterocycles. The molecule has 0 unspecified atom stereocenters. The third-order valence-electron chi connectivity index (χ3n) is 8.11. The van der Waals surface area contributed by atoms with Crippen LogP contribution < -0.4 is 0 Å². The lowest BCUT2D eigenvalue weighted by atomic mass is 9.97. The van der Waals surface area contributed by atoms with Crippen LogP contribution in [-0.4, -0.2) is 54.1 Å². The largest absolute Gasteiger partial charge is 0.361 e. The van der Waals surface area contributed by atoms with Gasteiger partial charge in [-0.25, -0.2) is 9.67 Å². The average molecular weight is 587 g/mol. The zero-order valence-electron chi connectivity index (χ0n) is 24.8. The van der Waals surface area contributed by atoms with Crippen molar-refractivity contribution < 1.29 is 14.1 Å². The molecule has 2 aromatic heterocycles. The van der Waals surface area contributed by atoms with Gasteiger partial charge in [-0.15, -0.1) is 0 Å². The maximum atomic E-state index is 14.5. The fraction of sp³-hybridized carbons (Fsp3) is 0.229. The molecule has 0 saturated carbocycles. The zero-order chi connectivity index (χ0) is 30.5. The fourth-order valence-corrected chi connectivity index (χ4v) is 5.68. The van der Waals surface area contributed by atoms with E-state index in [-0.39, 0.29) is 18.4 Å². The molecular weight excluding hydrogens is 552 g/mol. The summed E-state index contributed by atoms with van der Waals surface area (Å²) >= 11 is 0. The van der Waals surface area contributed by atoms with E-state index in [4.69, 9.17) is 4.52 Å². The molecule has 0 N–H and O–H groups in total. The van der Waals surface area contributed by atoms with E-state index in [1.54, 1.807) is 22.0 Å². The maximum absolute atomic E-state index is 14.5. The third-order valence-corrected chi connectivity index (χ3v) is 8.11. The van der Waals surface area contributed by atoms with Crippen molar-refractivity contribution in [2.75, 3.05) is 6.54 Å². The van der Waals surface area contributed by atoms with Crippen LogP contribution in [0, 0.1) is 13.8 Å². The van der Waals surface area contributed by atoms with Crippen LogP contribution >= 0.6 is 0 Å². The van der Waals surface area contributed by atoms with Gasteiger partial charge in [0.2, 0.25) is 11.8 Å². The summed E-state index contributed by atoms with van der Waals surface area (Å²) in [6.07, 6.45) is 7.54. The molecule has 2 amide bonds. The molecular formula is C35H34N6O3. The molecule has 0 aliphatic carbocycles. The van der Waals surface area contributed by atoms with E-state index >= 15 is 0 Å². The molecule has 5 aromatic rings. The average Bonchev–Trinajstić information content (AvgIpc) is 3.71. The Balaban J connectivity index is 1.35. The minimum Gasteiger partial charge on any atom is -0.361 e. The predicted molar refractivity (Wildman–Crippen MR) is 166 cm³/mol. The topological polar surface area (TPSA) is 97.4 Å². The Morgan fingerprint density at radius 2 is 1.70 bits per heavy atom. The number of carbonyl (C=O) groups excluding carboxylic acids is 2. The minimum atomic E-state index is -0.723. The van der Waals surface area contributed by atoms with Crippen LogP contribution in [-0.2, 0) is 35.5 Å². The van der Waals surface area contributed by atoms with Gasteiger partial charge in [0.05, 0.1) is 11.4 Å². The van der Waals surface area contributed by atoms with E-state index < -0.39 is 6.04 Å². The number of aryl methyl sites for hydroxylation is 2. The Kier molecular flexibility index (Phi) is 8.45. The molecule has 3 aromatic carbocycles. The van der Waals surface area contributed by atoms with Crippen molar-refractivity contribution in [3.8, 4) is 5.69 Å². The van der Waals surface area contributed by atoms with Crippen LogP contribution in [0.4, 0.5) is 0 Å². The van der Waals surface area contributed by atoms with Crippen LogP contribution in [0.5, 0.6) is 0 Å². The summed E-state index contributed by atoms with van der Waals surface area (Å²) in [6, 6.07) is 25.2. The van der Waals surface area contributed by atoms with E-state index in [0.717, 1.165) is 34.4 Å². The van der Waals surface area contributed by atoms with Crippen molar-refractivity contribution in [2.24, 2.45) is 0 Å². The number of nitrogens with zero attached hydrogens (tertiary/aromatic N) is 6. The van der Waals surface area contributed by atoms with Gasteiger partial charge >= 0.3 is 0 Å². The second kappa shape index (κ2) is 12.9. The van der Waals surface area contributed by atoms with Gasteiger partial charge in [0.25, 0.3) is 0 Å². The summed E-state index contributed by atoms with van der Waals surface area (Å²) in [7, 11) is 0. The van der Waals surface area contributed by atoms with Gasteiger partial charge in [-0.3, -0.25) is 9.59 Å². The lowest BCUT2D eigenvalue weighted by Gasteiger charge is -2.37. The van der Waals surface area contributed by atoms with Gasteiger partial charge in [0.15, 0.2) is 0 Å². The number of amides is 2. The molecule has 0 saturated heterocycles. The number of rotatable bonds is 9. The second-order valence-electron chi connectivity index (χ2n) is 11.0. The van der Waals surface area contributed by atoms with E-state index in [1.165, 1.54) is 18.0 Å². The smallest absolute Gasteiger partial charge is 0.247 e. The van der Waals surface area contributed by atoms with Crippen LogP contribution in [0.2, 0.25) is 0 Å². The van der Waals surface area contributed by atoms with E-state index in [2.05, 4.69) is 27.4 Å². The van der Waals surface area contributed by atoms with Crippen molar-refractivity contribution >= 4 is 17.9 Å². The van der Waals surface area contributed by atoms with Crippen molar-refractivity contribution in [3.05, 3.63) is 137 Å². The number of aromatic nitrogens is 4. The molecule has 0 radical (unpaired) electrons. The zero-order valence-corrected chi connectivity index (χ0v) is 24.8. The molecule has 0 fully saturated rings. The van der Waals surface area contributed by atoms with Gasteiger partial charge in [-0.1, -0.05) is 71.9 Å². The maximum Gasteiger partial charge on any atom is 0.247 e. The van der Waals surface area contributed by atoms with Crippen LogP contribution in [0.25, 0.3) is 11.8 Å². The van der Waals surface area contributed by atoms with Crippen LogP contribution in [0.15, 0.2) is 102 Å². The van der Waals surface area contributed by atoms with Gasteiger partial charge in [0, 0.05) is 37.7 Å². The minimum absolute atomic E-state index is 0.0679. The first-order chi connectivity index (χ1) is 21.5. The SMILES string of the molecule is Cc1noc(C)c1C=CC(=O)N(Cc1ccc(-n2cncn2)cc1)[C@@H](Cc1ccccc1)C(=O)N1CCc2ccccc2C1. The monoisotopic (exact) mass is 586 g/mol. The first kappa shape index (κ1) is 28.8. The number of hydrogen-bond donors (Lipinski definition) is 0. The molecule has 222 valence electrons. The van der Waals surface area contributed by atoms with Gasteiger partial charge in [-0.2, -0.15) is 5.10 Å². The molecule has 44 heavy (non-hydrogen) atoms. The Bertz CT molecular complexity index is 1740. The van der Waals surface area contributed by atoms with Gasteiger partial charge < -0.3 is 14.3 Å². The summed E-state index contributed by atoms with van der Waals surface area (Å²) in [6.45, 7) is 5.02. The molecule has 0 spiro atoms. The third kappa shape index (κ3) is 6.36. The van der Waals surface area contributed by atoms with Gasteiger partial charge in [-0.05, 0) is 60.7 Å². The fourth-order valence-electron chi connectivity index (χ4n) is 5.68. The molecule has 1 atom stereocenters. The van der Waals surface area contributed by atoms with E-state index in [0.29, 0.717) is 31.0 Å². The molecule has 0 bridgehead atoms. The van der Waals surface area contributed by atoms with Crippen LogP contribution in [0.1, 0.15) is 39.3 Å². The second-order valence-corrected chi connectivity index (χ2v) is 11.0. The van der Waals surface area contributed by atoms with Crippen molar-refractivity contribution in [1.82, 2.24) is 29.7 Å². The standard InChI is InChI=1S/C35H34N6O3/c1-25-32(26(2)44-38-25)16-17-34(42)40(21-28-12-14-31(15-13-28)41-24-36-23-37-41)33(20-27-8-4-3-5-9-27)35(43)39-19-18-29-10-6-7-11-30(29)22-39/h3-17,23-24,33H,18-22H2,1-2H3/t33-/m0/s1. The highest BCUT2D eigenvalue weighted by Crippen LogP contribution is 2.24. The quantitative estimate of drug-likeness (QED) is 0.223. The number of fused-ring (bicyclic) bond motifs is 1. The Morgan fingerprint density at radius 1 is 0.955 bits per heavy atom. The predicted octanol–water partition coefficient (Wildman–Crippen LogP) is 5.11. The lowest BCUT2D eigenvalue weighted by molar-refractivity contribution is -0.144. The van der Waals surface area contributed by atoms with E-state index in [9.17, 15) is 9.59 Å².